The average molecular weight is 254 g/mol. The zero-order valence-corrected chi connectivity index (χ0v) is 11.5. The molecule has 3 atom stereocenters. The molecule has 3 rings (SSSR count). The summed E-state index contributed by atoms with van der Waals surface area (Å²) in [6.07, 6.45) is 6.08. The van der Waals surface area contributed by atoms with Gasteiger partial charge in [0, 0.05) is 38.3 Å². The third-order valence-corrected chi connectivity index (χ3v) is 4.83. The molecule has 0 amide bonds. The third-order valence-electron chi connectivity index (χ3n) is 4.83. The number of ether oxygens (including phenoxy) is 2. The Morgan fingerprint density at radius 2 is 2.28 bits per heavy atom. The van der Waals surface area contributed by atoms with Gasteiger partial charge in [-0.15, -0.1) is 0 Å². The van der Waals surface area contributed by atoms with Crippen molar-refractivity contribution in [2.45, 2.75) is 49.8 Å². The highest BCUT2D eigenvalue weighted by Gasteiger charge is 2.42. The molecule has 3 aliphatic heterocycles. The van der Waals surface area contributed by atoms with E-state index in [1.54, 1.807) is 0 Å². The minimum absolute atomic E-state index is 0.0419. The van der Waals surface area contributed by atoms with Gasteiger partial charge in [-0.05, 0) is 39.3 Å². The second-order valence-electron chi connectivity index (χ2n) is 6.21. The van der Waals surface area contributed by atoms with Gasteiger partial charge in [0.25, 0.3) is 0 Å². The molecule has 1 spiro atoms. The molecule has 104 valence electrons. The van der Waals surface area contributed by atoms with Crippen LogP contribution in [0.25, 0.3) is 0 Å². The van der Waals surface area contributed by atoms with E-state index in [9.17, 15) is 0 Å². The Kier molecular flexibility index (Phi) is 3.89. The predicted octanol–water partition coefficient (Wildman–Crippen LogP) is 1.01. The fourth-order valence-electron chi connectivity index (χ4n) is 3.65. The minimum Gasteiger partial charge on any atom is -0.378 e. The van der Waals surface area contributed by atoms with Crippen molar-refractivity contribution in [3.05, 3.63) is 0 Å². The standard InChI is InChI=1S/C14H26N2O2/c1-16(10-12-3-2-6-15-12)13-4-7-18-14(9-13)5-8-17-11-14/h12-13,15H,2-11H2,1H3. The zero-order valence-electron chi connectivity index (χ0n) is 11.5. The minimum atomic E-state index is 0.0419. The van der Waals surface area contributed by atoms with Crippen molar-refractivity contribution in [3.8, 4) is 0 Å². The molecule has 4 nitrogen and oxygen atoms in total. The number of rotatable bonds is 3. The van der Waals surface area contributed by atoms with Crippen molar-refractivity contribution in [3.63, 3.8) is 0 Å². The van der Waals surface area contributed by atoms with Gasteiger partial charge in [-0.3, -0.25) is 0 Å². The summed E-state index contributed by atoms with van der Waals surface area (Å²) in [5.41, 5.74) is 0.0419. The Morgan fingerprint density at radius 3 is 3.00 bits per heavy atom. The highest BCUT2D eigenvalue weighted by molar-refractivity contribution is 4.93. The van der Waals surface area contributed by atoms with Gasteiger partial charge in [0.2, 0.25) is 0 Å². The Morgan fingerprint density at radius 1 is 1.33 bits per heavy atom. The number of nitrogens with zero attached hydrogens (tertiary/aromatic N) is 1. The highest BCUT2D eigenvalue weighted by Crippen LogP contribution is 2.34. The van der Waals surface area contributed by atoms with E-state index in [0.717, 1.165) is 32.7 Å². The summed E-state index contributed by atoms with van der Waals surface area (Å²) in [5.74, 6) is 0. The molecule has 3 heterocycles. The fourth-order valence-corrected chi connectivity index (χ4v) is 3.65. The van der Waals surface area contributed by atoms with Crippen molar-refractivity contribution in [2.24, 2.45) is 0 Å². The van der Waals surface area contributed by atoms with Crippen molar-refractivity contribution in [2.75, 3.05) is 40.0 Å². The summed E-state index contributed by atoms with van der Waals surface area (Å²) in [7, 11) is 2.28. The third kappa shape index (κ3) is 2.72. The van der Waals surface area contributed by atoms with Crippen molar-refractivity contribution >= 4 is 0 Å². The molecule has 0 aromatic rings. The van der Waals surface area contributed by atoms with Crippen molar-refractivity contribution in [1.29, 1.82) is 0 Å². The van der Waals surface area contributed by atoms with Crippen LogP contribution >= 0.6 is 0 Å². The molecule has 3 aliphatic rings. The summed E-state index contributed by atoms with van der Waals surface area (Å²) in [6.45, 7) is 4.96. The highest BCUT2D eigenvalue weighted by atomic mass is 16.6. The van der Waals surface area contributed by atoms with Crippen LogP contribution in [-0.4, -0.2) is 62.5 Å². The average Bonchev–Trinajstić information content (AvgIpc) is 3.02. The summed E-state index contributed by atoms with van der Waals surface area (Å²) < 4.78 is 11.6. The van der Waals surface area contributed by atoms with Gasteiger partial charge in [-0.1, -0.05) is 0 Å². The lowest BCUT2D eigenvalue weighted by Gasteiger charge is -2.41. The van der Waals surface area contributed by atoms with Crippen LogP contribution in [0, 0.1) is 0 Å². The Balaban J connectivity index is 1.54. The molecule has 18 heavy (non-hydrogen) atoms. The molecule has 0 bridgehead atoms. The molecule has 0 aromatic heterocycles. The van der Waals surface area contributed by atoms with Gasteiger partial charge in [0.1, 0.15) is 0 Å². The van der Waals surface area contributed by atoms with Crippen molar-refractivity contribution in [1.82, 2.24) is 10.2 Å². The fraction of sp³-hybridized carbons (Fsp3) is 1.00. The van der Waals surface area contributed by atoms with Crippen LogP contribution in [0.15, 0.2) is 0 Å². The Labute approximate surface area is 110 Å². The number of nitrogens with one attached hydrogen (secondary N) is 1. The van der Waals surface area contributed by atoms with E-state index in [0.29, 0.717) is 12.1 Å². The summed E-state index contributed by atoms with van der Waals surface area (Å²) in [5, 5.41) is 3.59. The molecular formula is C14H26N2O2. The first-order chi connectivity index (χ1) is 8.77. The number of likely N-dealkylation sites (N-methyl/N-ethyl adjacent to an activating group) is 1. The van der Waals surface area contributed by atoms with Crippen LogP contribution < -0.4 is 5.32 Å². The predicted molar refractivity (Wildman–Crippen MR) is 70.8 cm³/mol. The van der Waals surface area contributed by atoms with Gasteiger partial charge in [0.05, 0.1) is 12.2 Å². The smallest absolute Gasteiger partial charge is 0.0951 e. The van der Waals surface area contributed by atoms with Crippen LogP contribution in [0.4, 0.5) is 0 Å². The Bertz CT molecular complexity index is 273. The first kappa shape index (κ1) is 12.9. The number of hydrogen-bond acceptors (Lipinski definition) is 4. The Hall–Kier alpha value is -0.160. The molecular weight excluding hydrogens is 228 g/mol. The quantitative estimate of drug-likeness (QED) is 0.815. The SMILES string of the molecule is CN(CC1CCCN1)C1CCOC2(CCOC2)C1. The van der Waals surface area contributed by atoms with Crippen LogP contribution in [0.5, 0.6) is 0 Å². The maximum Gasteiger partial charge on any atom is 0.0951 e. The van der Waals surface area contributed by atoms with Gasteiger partial charge < -0.3 is 19.7 Å². The van der Waals surface area contributed by atoms with Gasteiger partial charge in [0.15, 0.2) is 0 Å². The first-order valence-electron chi connectivity index (χ1n) is 7.43. The summed E-state index contributed by atoms with van der Waals surface area (Å²) in [4.78, 5) is 2.55. The maximum atomic E-state index is 6.01. The molecule has 3 fully saturated rings. The maximum absolute atomic E-state index is 6.01. The first-order valence-corrected chi connectivity index (χ1v) is 7.43. The monoisotopic (exact) mass is 254 g/mol. The lowest BCUT2D eigenvalue weighted by Crippen LogP contribution is -2.50. The van der Waals surface area contributed by atoms with E-state index in [2.05, 4.69) is 17.3 Å². The van der Waals surface area contributed by atoms with E-state index >= 15 is 0 Å². The van der Waals surface area contributed by atoms with Gasteiger partial charge in [-0.25, -0.2) is 0 Å². The molecule has 0 aromatic carbocycles. The molecule has 4 heteroatoms. The number of hydrogen-bond donors (Lipinski definition) is 1. The summed E-state index contributed by atoms with van der Waals surface area (Å²) >= 11 is 0. The van der Waals surface area contributed by atoms with Crippen molar-refractivity contribution < 1.29 is 9.47 Å². The van der Waals surface area contributed by atoms with Gasteiger partial charge >= 0.3 is 0 Å². The lowest BCUT2D eigenvalue weighted by atomic mass is 9.89. The van der Waals surface area contributed by atoms with E-state index in [-0.39, 0.29) is 5.60 Å². The topological polar surface area (TPSA) is 33.7 Å². The molecule has 3 unspecified atom stereocenters. The molecule has 0 aliphatic carbocycles. The van der Waals surface area contributed by atoms with Crippen LogP contribution in [-0.2, 0) is 9.47 Å². The molecule has 0 radical (unpaired) electrons. The van der Waals surface area contributed by atoms with Crippen LogP contribution in [0.2, 0.25) is 0 Å². The second-order valence-corrected chi connectivity index (χ2v) is 6.21. The van der Waals surface area contributed by atoms with E-state index in [4.69, 9.17) is 9.47 Å². The van der Waals surface area contributed by atoms with Gasteiger partial charge in [-0.2, -0.15) is 0 Å². The lowest BCUT2D eigenvalue weighted by molar-refractivity contribution is -0.104. The largest absolute Gasteiger partial charge is 0.378 e. The molecule has 3 saturated heterocycles. The van der Waals surface area contributed by atoms with E-state index in [1.165, 1.54) is 32.4 Å². The molecule has 0 saturated carbocycles. The second kappa shape index (κ2) is 5.45. The van der Waals surface area contributed by atoms with E-state index in [1.807, 2.05) is 0 Å². The molecule has 1 N–H and O–H groups in total. The zero-order chi connectivity index (χ0) is 12.4. The summed E-state index contributed by atoms with van der Waals surface area (Å²) in [6, 6.07) is 1.37. The van der Waals surface area contributed by atoms with Crippen LogP contribution in [0.1, 0.15) is 32.1 Å². The normalized spacial score (nSPS) is 41.0. The van der Waals surface area contributed by atoms with Crippen LogP contribution in [0.3, 0.4) is 0 Å². The van der Waals surface area contributed by atoms with E-state index < -0.39 is 0 Å².